The number of hydrogen-bond donors (Lipinski definition) is 2. The van der Waals surface area contributed by atoms with Gasteiger partial charge in [0.1, 0.15) is 0 Å². The van der Waals surface area contributed by atoms with E-state index in [4.69, 9.17) is 0 Å². The zero-order chi connectivity index (χ0) is 15.4. The molecular formula is C17H17NO3. The third-order valence-corrected chi connectivity index (χ3v) is 3.18. The van der Waals surface area contributed by atoms with Crippen molar-refractivity contribution in [3.05, 3.63) is 59.2 Å². The number of rotatable bonds is 4. The van der Waals surface area contributed by atoms with E-state index in [9.17, 15) is 14.7 Å². The molecule has 0 aliphatic carbocycles. The zero-order valence-electron chi connectivity index (χ0n) is 12.0. The number of carboxylic acid groups (broad SMARTS) is 1. The molecule has 21 heavy (non-hydrogen) atoms. The highest BCUT2D eigenvalue weighted by atomic mass is 16.4. The molecule has 0 fully saturated rings. The van der Waals surface area contributed by atoms with Crippen LogP contribution >= 0.6 is 0 Å². The predicted molar refractivity (Wildman–Crippen MR) is 81.6 cm³/mol. The van der Waals surface area contributed by atoms with Crippen LogP contribution in [0.4, 0.5) is 0 Å². The lowest BCUT2D eigenvalue weighted by atomic mass is 9.96. The van der Waals surface area contributed by atoms with E-state index in [0.717, 1.165) is 11.1 Å². The van der Waals surface area contributed by atoms with Gasteiger partial charge >= 0.3 is 5.97 Å². The van der Waals surface area contributed by atoms with Crippen LogP contribution in [0.1, 0.15) is 33.2 Å². The normalized spacial score (nSPS) is 10.2. The topological polar surface area (TPSA) is 66.4 Å². The summed E-state index contributed by atoms with van der Waals surface area (Å²) in [5.74, 6) is -1.14. The molecular weight excluding hydrogens is 266 g/mol. The summed E-state index contributed by atoms with van der Waals surface area (Å²) in [6.45, 7) is 4.25. The minimum absolute atomic E-state index is 0.164. The first-order chi connectivity index (χ1) is 10.0. The minimum Gasteiger partial charge on any atom is -0.478 e. The van der Waals surface area contributed by atoms with Crippen LogP contribution in [-0.4, -0.2) is 23.5 Å². The molecule has 0 saturated carbocycles. The number of hydrogen-bond acceptors (Lipinski definition) is 2. The van der Waals surface area contributed by atoms with Crippen molar-refractivity contribution in [2.24, 2.45) is 0 Å². The van der Waals surface area contributed by atoms with Crippen molar-refractivity contribution in [2.45, 2.75) is 13.8 Å². The van der Waals surface area contributed by atoms with Crippen molar-refractivity contribution < 1.29 is 14.7 Å². The Morgan fingerprint density at radius 3 is 2.57 bits per heavy atom. The third-order valence-electron chi connectivity index (χ3n) is 3.18. The van der Waals surface area contributed by atoms with E-state index in [1.54, 1.807) is 36.4 Å². The van der Waals surface area contributed by atoms with E-state index in [2.05, 4.69) is 5.32 Å². The third kappa shape index (κ3) is 3.28. The fourth-order valence-electron chi connectivity index (χ4n) is 2.18. The Bertz CT molecular complexity index is 692. The van der Waals surface area contributed by atoms with Gasteiger partial charge in [0.05, 0.1) is 5.56 Å². The summed E-state index contributed by atoms with van der Waals surface area (Å²) in [6.07, 6.45) is 0. The van der Waals surface area contributed by atoms with Gasteiger partial charge in [-0.2, -0.15) is 0 Å². The van der Waals surface area contributed by atoms with E-state index < -0.39 is 5.97 Å². The van der Waals surface area contributed by atoms with Gasteiger partial charge in [0.2, 0.25) is 0 Å². The minimum atomic E-state index is -0.975. The van der Waals surface area contributed by atoms with Crippen molar-refractivity contribution in [1.29, 1.82) is 0 Å². The molecule has 108 valence electrons. The fourth-order valence-corrected chi connectivity index (χ4v) is 2.18. The van der Waals surface area contributed by atoms with Crippen molar-refractivity contribution in [3.8, 4) is 11.1 Å². The van der Waals surface area contributed by atoms with Gasteiger partial charge in [-0.15, -0.1) is 0 Å². The number of nitrogens with one attached hydrogen (secondary N) is 1. The maximum atomic E-state index is 11.9. The highest BCUT2D eigenvalue weighted by Crippen LogP contribution is 2.25. The van der Waals surface area contributed by atoms with Crippen LogP contribution in [-0.2, 0) is 0 Å². The smallest absolute Gasteiger partial charge is 0.336 e. The van der Waals surface area contributed by atoms with Gasteiger partial charge in [-0.1, -0.05) is 29.8 Å². The number of amides is 1. The summed E-state index contributed by atoms with van der Waals surface area (Å²) in [5.41, 5.74) is 2.97. The molecule has 1 amide bonds. The highest BCUT2D eigenvalue weighted by Gasteiger charge is 2.13. The standard InChI is InChI=1S/C17H17NO3/c1-3-18-16(19)13-6-4-5-12(10-13)14-8-7-11(2)9-15(14)17(20)21/h4-10H,3H2,1-2H3,(H,18,19)(H,20,21). The molecule has 4 nitrogen and oxygen atoms in total. The van der Waals surface area contributed by atoms with Crippen molar-refractivity contribution in [1.82, 2.24) is 5.32 Å². The number of aromatic carboxylic acids is 1. The van der Waals surface area contributed by atoms with Crippen LogP contribution in [0.5, 0.6) is 0 Å². The van der Waals surface area contributed by atoms with Crippen LogP contribution in [0.25, 0.3) is 11.1 Å². The van der Waals surface area contributed by atoms with Crippen molar-refractivity contribution in [2.75, 3.05) is 6.54 Å². The Morgan fingerprint density at radius 1 is 1.14 bits per heavy atom. The molecule has 2 rings (SSSR count). The second kappa shape index (κ2) is 6.22. The molecule has 0 aliphatic rings. The Labute approximate surface area is 123 Å². The molecule has 0 aromatic heterocycles. The first-order valence-electron chi connectivity index (χ1n) is 6.75. The zero-order valence-corrected chi connectivity index (χ0v) is 12.0. The SMILES string of the molecule is CCNC(=O)c1cccc(-c2ccc(C)cc2C(=O)O)c1. The quantitative estimate of drug-likeness (QED) is 0.906. The molecule has 2 aromatic carbocycles. The molecule has 0 unspecified atom stereocenters. The van der Waals surface area contributed by atoms with Gasteiger partial charge in [0, 0.05) is 12.1 Å². The van der Waals surface area contributed by atoms with Gasteiger partial charge in [-0.3, -0.25) is 4.79 Å². The molecule has 0 saturated heterocycles. The van der Waals surface area contributed by atoms with Gasteiger partial charge in [-0.05, 0) is 43.2 Å². The molecule has 2 N–H and O–H groups in total. The predicted octanol–water partition coefficient (Wildman–Crippen LogP) is 3.11. The summed E-state index contributed by atoms with van der Waals surface area (Å²) in [4.78, 5) is 23.3. The average molecular weight is 283 g/mol. The summed E-state index contributed by atoms with van der Waals surface area (Å²) in [6, 6.07) is 12.3. The average Bonchev–Trinajstić information content (AvgIpc) is 2.47. The second-order valence-corrected chi connectivity index (χ2v) is 4.79. The molecule has 0 radical (unpaired) electrons. The van der Waals surface area contributed by atoms with E-state index in [-0.39, 0.29) is 11.5 Å². The van der Waals surface area contributed by atoms with Gasteiger partial charge in [-0.25, -0.2) is 4.79 Å². The maximum Gasteiger partial charge on any atom is 0.336 e. The lowest BCUT2D eigenvalue weighted by Crippen LogP contribution is -2.22. The van der Waals surface area contributed by atoms with E-state index in [0.29, 0.717) is 17.7 Å². The summed E-state index contributed by atoms with van der Waals surface area (Å²) in [5, 5.41) is 12.1. The van der Waals surface area contributed by atoms with Crippen LogP contribution in [0.3, 0.4) is 0 Å². The summed E-state index contributed by atoms with van der Waals surface area (Å²) >= 11 is 0. The molecule has 2 aromatic rings. The number of benzene rings is 2. The molecule has 0 heterocycles. The molecule has 4 heteroatoms. The second-order valence-electron chi connectivity index (χ2n) is 4.79. The van der Waals surface area contributed by atoms with Gasteiger partial charge in [0.25, 0.3) is 5.91 Å². The van der Waals surface area contributed by atoms with Gasteiger partial charge < -0.3 is 10.4 Å². The van der Waals surface area contributed by atoms with E-state index >= 15 is 0 Å². The van der Waals surface area contributed by atoms with Crippen molar-refractivity contribution in [3.63, 3.8) is 0 Å². The van der Waals surface area contributed by atoms with E-state index in [1.165, 1.54) is 0 Å². The fraction of sp³-hybridized carbons (Fsp3) is 0.176. The molecule has 0 aliphatic heterocycles. The maximum absolute atomic E-state index is 11.9. The van der Waals surface area contributed by atoms with Crippen LogP contribution in [0, 0.1) is 6.92 Å². The monoisotopic (exact) mass is 283 g/mol. The van der Waals surface area contributed by atoms with Crippen molar-refractivity contribution >= 4 is 11.9 Å². The summed E-state index contributed by atoms with van der Waals surface area (Å²) in [7, 11) is 0. The lowest BCUT2D eigenvalue weighted by Gasteiger charge is -2.09. The van der Waals surface area contributed by atoms with Crippen LogP contribution in [0.2, 0.25) is 0 Å². The Balaban J connectivity index is 2.50. The number of carboxylic acids is 1. The van der Waals surface area contributed by atoms with Gasteiger partial charge in [0.15, 0.2) is 0 Å². The Kier molecular flexibility index (Phi) is 4.38. The molecule has 0 atom stereocenters. The first kappa shape index (κ1) is 14.8. The van der Waals surface area contributed by atoms with E-state index in [1.807, 2.05) is 19.9 Å². The Hall–Kier alpha value is -2.62. The first-order valence-corrected chi connectivity index (χ1v) is 6.75. The molecule has 0 bridgehead atoms. The van der Waals surface area contributed by atoms with Crippen LogP contribution < -0.4 is 5.32 Å². The summed E-state index contributed by atoms with van der Waals surface area (Å²) < 4.78 is 0. The largest absolute Gasteiger partial charge is 0.478 e. The number of carbonyl (C=O) groups is 2. The molecule has 0 spiro atoms. The lowest BCUT2D eigenvalue weighted by molar-refractivity contribution is 0.0697. The number of aryl methyl sites for hydroxylation is 1. The number of carbonyl (C=O) groups excluding carboxylic acids is 1. The van der Waals surface area contributed by atoms with Crippen LogP contribution in [0.15, 0.2) is 42.5 Å². The Morgan fingerprint density at radius 2 is 1.90 bits per heavy atom. The highest BCUT2D eigenvalue weighted by molar-refractivity contribution is 5.99.